The van der Waals surface area contributed by atoms with Crippen LogP contribution in [0, 0.1) is 5.92 Å². The van der Waals surface area contributed by atoms with Gasteiger partial charge in [0.15, 0.2) is 5.69 Å². The molecule has 162 valence electrons. The summed E-state index contributed by atoms with van der Waals surface area (Å²) < 4.78 is 38.6. The van der Waals surface area contributed by atoms with Crippen LogP contribution in [0.4, 0.5) is 19.0 Å². The van der Waals surface area contributed by atoms with Crippen molar-refractivity contribution in [3.63, 3.8) is 0 Å². The highest BCUT2D eigenvalue weighted by Crippen LogP contribution is 2.35. The van der Waals surface area contributed by atoms with Gasteiger partial charge in [0.2, 0.25) is 0 Å². The van der Waals surface area contributed by atoms with Gasteiger partial charge in [-0.15, -0.1) is 11.3 Å². The summed E-state index contributed by atoms with van der Waals surface area (Å²) in [5.74, 6) is 1.38. The first kappa shape index (κ1) is 21.1. The summed E-state index contributed by atoms with van der Waals surface area (Å²) in [6.07, 6.45) is 0.938. The number of rotatable bonds is 3. The number of thiazole rings is 1. The minimum Gasteiger partial charge on any atom is -0.356 e. The van der Waals surface area contributed by atoms with E-state index in [2.05, 4.69) is 21.8 Å². The van der Waals surface area contributed by atoms with Gasteiger partial charge in [-0.3, -0.25) is 4.79 Å². The largest absolute Gasteiger partial charge is 0.434 e. The molecule has 0 aromatic carbocycles. The minimum absolute atomic E-state index is 0.0138. The fraction of sp³-hybridized carbons (Fsp3) is 0.571. The first-order valence-electron chi connectivity index (χ1n) is 10.3. The van der Waals surface area contributed by atoms with Crippen LogP contribution in [0.5, 0.6) is 0 Å². The van der Waals surface area contributed by atoms with Gasteiger partial charge in [0, 0.05) is 43.7 Å². The molecule has 0 saturated carbocycles. The number of carbonyl (C=O) groups excluding carboxylic acids is 1. The second kappa shape index (κ2) is 8.53. The van der Waals surface area contributed by atoms with Crippen LogP contribution in [0.15, 0.2) is 23.7 Å². The van der Waals surface area contributed by atoms with E-state index in [-0.39, 0.29) is 11.8 Å². The number of aromatic nitrogens is 2. The van der Waals surface area contributed by atoms with E-state index >= 15 is 0 Å². The number of anilines is 1. The summed E-state index contributed by atoms with van der Waals surface area (Å²) in [5.41, 5.74) is -0.232. The van der Waals surface area contributed by atoms with Gasteiger partial charge >= 0.3 is 6.18 Å². The first-order chi connectivity index (χ1) is 14.3. The lowest BCUT2D eigenvalue weighted by molar-refractivity contribution is -0.140. The molecule has 0 N–H and O–H groups in total. The number of hydrogen-bond donors (Lipinski definition) is 0. The summed E-state index contributed by atoms with van der Waals surface area (Å²) in [4.78, 5) is 25.0. The Morgan fingerprint density at radius 3 is 2.57 bits per heavy atom. The molecule has 30 heavy (non-hydrogen) atoms. The fourth-order valence-electron chi connectivity index (χ4n) is 4.09. The third kappa shape index (κ3) is 4.61. The molecule has 2 aromatic rings. The van der Waals surface area contributed by atoms with Crippen molar-refractivity contribution in [2.24, 2.45) is 5.92 Å². The zero-order valence-electron chi connectivity index (χ0n) is 16.9. The zero-order chi connectivity index (χ0) is 21.3. The molecule has 0 spiro atoms. The smallest absolute Gasteiger partial charge is 0.356 e. The van der Waals surface area contributed by atoms with E-state index < -0.39 is 11.9 Å². The Kier molecular flexibility index (Phi) is 5.99. The molecule has 2 aliphatic rings. The quantitative estimate of drug-likeness (QED) is 0.690. The van der Waals surface area contributed by atoms with Crippen molar-refractivity contribution in [3.8, 4) is 0 Å². The maximum absolute atomic E-state index is 12.9. The molecular formula is C21H25F3N4OS. The second-order valence-corrected chi connectivity index (χ2v) is 9.12. The van der Waals surface area contributed by atoms with E-state index in [9.17, 15) is 18.0 Å². The Morgan fingerprint density at radius 1 is 1.17 bits per heavy atom. The van der Waals surface area contributed by atoms with Gasteiger partial charge in [0.05, 0.1) is 10.6 Å². The number of piperidine rings is 2. The lowest BCUT2D eigenvalue weighted by Crippen LogP contribution is -2.38. The Hall–Kier alpha value is -2.16. The lowest BCUT2D eigenvalue weighted by Gasteiger charge is -2.33. The predicted molar refractivity (Wildman–Crippen MR) is 110 cm³/mol. The third-order valence-corrected chi connectivity index (χ3v) is 6.98. The highest BCUT2D eigenvalue weighted by molar-refractivity contribution is 7.09. The summed E-state index contributed by atoms with van der Waals surface area (Å²) in [6, 6.07) is 3.64. The van der Waals surface area contributed by atoms with E-state index in [0.29, 0.717) is 23.0 Å². The molecule has 0 aliphatic carbocycles. The number of hydrogen-bond acceptors (Lipinski definition) is 5. The Bertz CT molecular complexity index is 875. The van der Waals surface area contributed by atoms with E-state index in [4.69, 9.17) is 0 Å². The maximum Gasteiger partial charge on any atom is 0.434 e. The van der Waals surface area contributed by atoms with Crippen LogP contribution in [0.25, 0.3) is 0 Å². The van der Waals surface area contributed by atoms with Crippen molar-refractivity contribution < 1.29 is 18.0 Å². The van der Waals surface area contributed by atoms with Crippen LogP contribution in [0.1, 0.15) is 59.6 Å². The van der Waals surface area contributed by atoms with Gasteiger partial charge in [-0.25, -0.2) is 9.97 Å². The normalized spacial score (nSPS) is 21.1. The molecule has 4 rings (SSSR count). The van der Waals surface area contributed by atoms with Gasteiger partial charge in [0.1, 0.15) is 5.82 Å². The standard InChI is InChI=1S/C21H25F3N4OS/c1-14-6-9-27(10-7-14)20(29)15-4-5-18(25-11-15)28-8-2-3-16(12-28)19-26-17(13-30-19)21(22,23)24/h4-5,11,13-14,16H,2-3,6-10,12H2,1H3. The van der Waals surface area contributed by atoms with Crippen LogP contribution in [-0.2, 0) is 6.18 Å². The molecule has 2 saturated heterocycles. The number of halogens is 3. The van der Waals surface area contributed by atoms with E-state index in [0.717, 1.165) is 67.9 Å². The first-order valence-corrected chi connectivity index (χ1v) is 11.2. The minimum atomic E-state index is -4.40. The summed E-state index contributed by atoms with van der Waals surface area (Å²) >= 11 is 1.07. The molecule has 1 unspecified atom stereocenters. The molecule has 9 heteroatoms. The van der Waals surface area contributed by atoms with E-state index in [1.54, 1.807) is 12.3 Å². The maximum atomic E-state index is 12.9. The van der Waals surface area contributed by atoms with Crippen molar-refractivity contribution in [1.82, 2.24) is 14.9 Å². The predicted octanol–water partition coefficient (Wildman–Crippen LogP) is 4.81. The van der Waals surface area contributed by atoms with Crippen molar-refractivity contribution in [2.75, 3.05) is 31.1 Å². The Labute approximate surface area is 177 Å². The van der Waals surface area contributed by atoms with Gasteiger partial charge in [-0.1, -0.05) is 6.92 Å². The van der Waals surface area contributed by atoms with E-state index in [1.165, 1.54) is 0 Å². The highest BCUT2D eigenvalue weighted by Gasteiger charge is 2.35. The highest BCUT2D eigenvalue weighted by atomic mass is 32.1. The van der Waals surface area contributed by atoms with Crippen molar-refractivity contribution in [2.45, 2.75) is 44.7 Å². The summed E-state index contributed by atoms with van der Waals surface area (Å²) in [6.45, 7) is 5.14. The van der Waals surface area contributed by atoms with Crippen LogP contribution in [0.3, 0.4) is 0 Å². The van der Waals surface area contributed by atoms with Crippen LogP contribution < -0.4 is 4.90 Å². The lowest BCUT2D eigenvalue weighted by atomic mass is 9.98. The van der Waals surface area contributed by atoms with Crippen molar-refractivity contribution in [1.29, 1.82) is 0 Å². The Morgan fingerprint density at radius 2 is 1.93 bits per heavy atom. The number of likely N-dealkylation sites (tertiary alicyclic amines) is 1. The SMILES string of the molecule is CC1CCN(C(=O)c2ccc(N3CCCC(c4nc(C(F)(F)F)cs4)C3)nc2)CC1. The molecule has 2 fully saturated rings. The molecule has 2 aliphatic heterocycles. The van der Waals surface area contributed by atoms with Crippen molar-refractivity contribution in [3.05, 3.63) is 40.0 Å². The summed E-state index contributed by atoms with van der Waals surface area (Å²) in [5, 5.41) is 1.62. The van der Waals surface area contributed by atoms with Gasteiger partial charge in [-0.2, -0.15) is 13.2 Å². The molecular weight excluding hydrogens is 413 g/mol. The third-order valence-electron chi connectivity index (χ3n) is 5.97. The molecule has 1 atom stereocenters. The van der Waals surface area contributed by atoms with Crippen LogP contribution in [-0.4, -0.2) is 47.0 Å². The van der Waals surface area contributed by atoms with Crippen LogP contribution in [0.2, 0.25) is 0 Å². The molecule has 5 nitrogen and oxygen atoms in total. The molecule has 2 aromatic heterocycles. The zero-order valence-corrected chi connectivity index (χ0v) is 17.7. The van der Waals surface area contributed by atoms with Crippen molar-refractivity contribution >= 4 is 23.1 Å². The monoisotopic (exact) mass is 438 g/mol. The summed E-state index contributed by atoms with van der Waals surface area (Å²) in [7, 11) is 0. The van der Waals surface area contributed by atoms with Gasteiger partial charge < -0.3 is 9.80 Å². The molecule has 0 radical (unpaired) electrons. The average Bonchev–Trinajstić information content (AvgIpc) is 3.25. The van der Waals surface area contributed by atoms with Crippen LogP contribution >= 0.6 is 11.3 Å². The fourth-order valence-corrected chi connectivity index (χ4v) is 5.04. The molecule has 4 heterocycles. The Balaban J connectivity index is 1.41. The van der Waals surface area contributed by atoms with E-state index in [1.807, 2.05) is 11.0 Å². The molecule has 0 bridgehead atoms. The number of nitrogens with zero attached hydrogens (tertiary/aromatic N) is 4. The number of amides is 1. The number of pyridine rings is 1. The van der Waals surface area contributed by atoms with Gasteiger partial charge in [-0.05, 0) is 43.7 Å². The average molecular weight is 439 g/mol. The topological polar surface area (TPSA) is 49.3 Å². The molecule has 1 amide bonds. The van der Waals surface area contributed by atoms with Gasteiger partial charge in [0.25, 0.3) is 5.91 Å². The number of alkyl halides is 3. The second-order valence-electron chi connectivity index (χ2n) is 8.23. The number of carbonyl (C=O) groups is 1.